The molecule has 0 radical (unpaired) electrons. The molecule has 0 fully saturated rings. The van der Waals surface area contributed by atoms with Gasteiger partial charge in [0.2, 0.25) is 0 Å². The van der Waals surface area contributed by atoms with Crippen molar-refractivity contribution in [1.29, 1.82) is 0 Å². The number of carbonyl (C=O) groups excluding carboxylic acids is 1. The number of nitrogens with one attached hydrogen (secondary N) is 2. The summed E-state index contributed by atoms with van der Waals surface area (Å²) in [5.41, 5.74) is 81.5. The summed E-state index contributed by atoms with van der Waals surface area (Å²) < 4.78 is 0. The summed E-state index contributed by atoms with van der Waals surface area (Å²) in [6, 6.07) is 14.1. The predicted octanol–water partition coefficient (Wildman–Crippen LogP) is 11.5. The second-order valence-electron chi connectivity index (χ2n) is 13.7. The fourth-order valence-electron chi connectivity index (χ4n) is 4.46. The Balaban J connectivity index is 2.43. The van der Waals surface area contributed by atoms with Crippen LogP contribution in [0.1, 0.15) is 63.8 Å². The molecule has 0 unspecified atom stereocenters. The second-order valence-corrected chi connectivity index (χ2v) is 13.7. The highest BCUT2D eigenvalue weighted by molar-refractivity contribution is 6.11. The number of urea groups is 1. The number of nitrogens with zero attached hydrogens (tertiary/aromatic N) is 2. The van der Waals surface area contributed by atoms with Gasteiger partial charge in [-0.1, -0.05) is 78.1 Å². The first-order chi connectivity index (χ1) is 32.7. The van der Waals surface area contributed by atoms with Gasteiger partial charge >= 0.3 is 6.03 Å². The lowest BCUT2D eigenvalue weighted by atomic mass is 9.92. The van der Waals surface area contributed by atoms with Gasteiger partial charge in [-0.15, -0.1) is 0 Å². The summed E-state index contributed by atoms with van der Waals surface area (Å²) in [5, 5.41) is 16.5. The zero-order valence-electron chi connectivity index (χ0n) is 38.1. The number of aliphatic hydroxyl groups is 1. The van der Waals surface area contributed by atoms with Gasteiger partial charge in [-0.2, -0.15) is 4.99 Å². The van der Waals surface area contributed by atoms with E-state index in [4.69, 9.17) is 0 Å². The Morgan fingerprint density at radius 1 is 0.574 bits per heavy atom. The fraction of sp³-hybridized carbons (Fsp3) is 0.129. The van der Waals surface area contributed by atoms with Crippen LogP contribution in [0.3, 0.4) is 0 Å². The number of benzene rings is 2. The molecule has 0 saturated heterocycles. The number of amidine groups is 2. The average molecular weight is 869 g/mol. The van der Waals surface area contributed by atoms with Gasteiger partial charge in [0, 0.05) is 80.6 Å². The summed E-state index contributed by atoms with van der Waals surface area (Å²) >= 11 is 0. The first kappa shape index (κ1) is 52.9. The van der Waals surface area contributed by atoms with Gasteiger partial charge in [-0.25, -0.2) is 9.79 Å². The molecule has 68 heavy (non-hydrogen) atoms. The van der Waals surface area contributed by atoms with Crippen molar-refractivity contribution in [3.63, 3.8) is 0 Å². The predicted molar refractivity (Wildman–Crippen MR) is 264 cm³/mol. The Labute approximate surface area is 396 Å². The molecule has 2 aromatic carbocycles. The standard InChI is InChI=1S/C62H36N4O2/c1-10-11-12-13-14-15-16-17-18-19-20-21-22-23-24-25-26-27-28-29-30-31-32-33-34-35-36-37-38-39-40-41-42-49-58(63-59(67)65-61(6,7)56-47-43-45-54(50-56)52(2)3)64-60(68)66-62(8,9)57-48-44-46-55(51-57)53(4)5/h41,43-48,50-51H,1-2,4H2,3,5-9H3,(H3,63,64,65,66,67,68). The van der Waals surface area contributed by atoms with Crippen molar-refractivity contribution in [2.24, 2.45) is 9.98 Å². The van der Waals surface area contributed by atoms with E-state index >= 15 is 0 Å². The molecule has 3 N–H and O–H groups in total. The number of aliphatic imine (C=N–C) groups is 2. The van der Waals surface area contributed by atoms with Crippen LogP contribution in [0.2, 0.25) is 0 Å². The van der Waals surface area contributed by atoms with Crippen LogP contribution in [-0.2, 0) is 11.1 Å². The van der Waals surface area contributed by atoms with Crippen molar-refractivity contribution < 1.29 is 9.90 Å². The molecule has 0 saturated carbocycles. The zero-order valence-corrected chi connectivity index (χ0v) is 38.1. The molecular weight excluding hydrogens is 833 g/mol. The molecule has 0 bridgehead atoms. The molecule has 6 heteroatoms. The van der Waals surface area contributed by atoms with Gasteiger partial charge in [0.05, 0.1) is 11.1 Å². The highest BCUT2D eigenvalue weighted by Crippen LogP contribution is 2.27. The van der Waals surface area contributed by atoms with E-state index in [0.29, 0.717) is 0 Å². The van der Waals surface area contributed by atoms with Gasteiger partial charge < -0.3 is 10.4 Å². The molecule has 2 amide bonds. The maximum absolute atomic E-state index is 13.3. The van der Waals surface area contributed by atoms with E-state index in [2.05, 4.69) is 230 Å². The van der Waals surface area contributed by atoms with Gasteiger partial charge in [0.25, 0.3) is 6.02 Å². The lowest BCUT2D eigenvalue weighted by molar-refractivity contribution is 0.239. The molecule has 0 atom stereocenters. The Morgan fingerprint density at radius 2 is 0.941 bits per heavy atom. The molecule has 0 aliphatic rings. The first-order valence-corrected chi connectivity index (χ1v) is 19.6. The number of hydrogen-bond acceptors (Lipinski definition) is 2. The van der Waals surface area contributed by atoms with Gasteiger partial charge in [-0.3, -0.25) is 5.32 Å². The van der Waals surface area contributed by atoms with Crippen molar-refractivity contribution in [3.8, 4) is 11.8 Å². The number of aliphatic hydroxyl groups excluding tert-OH is 1. The van der Waals surface area contributed by atoms with Gasteiger partial charge in [0.15, 0.2) is 5.84 Å². The Morgan fingerprint density at radius 3 is 1.34 bits per heavy atom. The molecular formula is C62H36N4O2. The number of allylic oxidation sites excluding steroid dienone is 3. The van der Waals surface area contributed by atoms with Crippen LogP contribution in [0.15, 0.2) is 262 Å². The quantitative estimate of drug-likeness (QED) is 0.117. The van der Waals surface area contributed by atoms with E-state index in [0.717, 1.165) is 33.4 Å². The molecule has 0 spiro atoms. The van der Waals surface area contributed by atoms with Crippen molar-refractivity contribution in [1.82, 2.24) is 10.6 Å². The van der Waals surface area contributed by atoms with Gasteiger partial charge in [0.1, 0.15) is 0 Å². The molecule has 316 valence electrons. The number of amides is 2. The highest BCUT2D eigenvalue weighted by atomic mass is 16.3. The zero-order chi connectivity index (χ0) is 49.7. The normalized spacial score (nSPS) is 8.44. The third kappa shape index (κ3) is 23.7. The Hall–Kier alpha value is -11.2. The average Bonchev–Trinajstić information content (AvgIpc) is 3.30. The van der Waals surface area contributed by atoms with Crippen molar-refractivity contribution in [2.75, 3.05) is 0 Å². The number of rotatable bonds is 6. The minimum Gasteiger partial charge on any atom is -0.481 e. The van der Waals surface area contributed by atoms with Crippen LogP contribution in [0.5, 0.6) is 0 Å². The highest BCUT2D eigenvalue weighted by Gasteiger charge is 2.24. The summed E-state index contributed by atoms with van der Waals surface area (Å²) in [7, 11) is 0. The first-order valence-electron chi connectivity index (χ1n) is 19.6. The van der Waals surface area contributed by atoms with E-state index < -0.39 is 23.1 Å². The maximum atomic E-state index is 13.3. The van der Waals surface area contributed by atoms with E-state index in [1.165, 1.54) is 6.08 Å². The molecule has 0 aromatic heterocycles. The third-order valence-corrected chi connectivity index (χ3v) is 7.63. The molecule has 0 aliphatic heterocycles. The van der Waals surface area contributed by atoms with E-state index in [1.54, 1.807) is 0 Å². The number of carbonyl (C=O) groups is 1. The SMILES string of the molecule is C=C=C=C=C=C=C=C=C=C=C=C=C=C=C=C=C=C=C=C=C=C=C=C=C=C=C=C=C=C=C=C=CC#CC(=NC(=O)NC(C)(C)c1cccc(C(=C)C)c1)NC(O)=NC(C)(C)c1cccc(C(=C)C)c1. The summed E-state index contributed by atoms with van der Waals surface area (Å²) in [4.78, 5) is 21.8. The monoisotopic (exact) mass is 868 g/mol. The van der Waals surface area contributed by atoms with E-state index in [9.17, 15) is 9.90 Å². The third-order valence-electron chi connectivity index (χ3n) is 7.63. The smallest absolute Gasteiger partial charge is 0.344 e. The van der Waals surface area contributed by atoms with Crippen molar-refractivity contribution >= 4 is 29.0 Å². The molecule has 2 rings (SSSR count). The van der Waals surface area contributed by atoms with Gasteiger partial charge in [-0.05, 0) is 180 Å². The number of hydrogen-bond donors (Lipinski definition) is 3. The maximum Gasteiger partial charge on any atom is 0.344 e. The van der Waals surface area contributed by atoms with Crippen LogP contribution in [0.25, 0.3) is 11.1 Å². The van der Waals surface area contributed by atoms with E-state index in [-0.39, 0.29) is 5.84 Å². The summed E-state index contributed by atoms with van der Waals surface area (Å²) in [5.74, 6) is 5.22. The lowest BCUT2D eigenvalue weighted by Gasteiger charge is -2.26. The summed E-state index contributed by atoms with van der Waals surface area (Å²) in [6.07, 6.45) is 1.31. The summed E-state index contributed by atoms with van der Waals surface area (Å²) in [6.45, 7) is 22.5. The van der Waals surface area contributed by atoms with Crippen molar-refractivity contribution in [2.45, 2.75) is 52.6 Å². The van der Waals surface area contributed by atoms with Crippen LogP contribution in [-0.4, -0.2) is 23.0 Å². The fourth-order valence-corrected chi connectivity index (χ4v) is 4.46. The largest absolute Gasteiger partial charge is 0.481 e. The van der Waals surface area contributed by atoms with Crippen LogP contribution >= 0.6 is 0 Å². The second kappa shape index (κ2) is 30.8. The Bertz CT molecular complexity index is 3850. The van der Waals surface area contributed by atoms with Crippen LogP contribution in [0.4, 0.5) is 4.79 Å². The molecule has 2 aromatic rings. The van der Waals surface area contributed by atoms with Crippen LogP contribution in [0, 0.1) is 11.8 Å². The molecule has 0 heterocycles. The lowest BCUT2D eigenvalue weighted by Crippen LogP contribution is -2.41. The topological polar surface area (TPSA) is 86.1 Å². The van der Waals surface area contributed by atoms with Crippen molar-refractivity contribution in [3.05, 3.63) is 274 Å². The van der Waals surface area contributed by atoms with E-state index in [1.807, 2.05) is 90.1 Å². The minimum absolute atomic E-state index is 0.181. The van der Waals surface area contributed by atoms with Crippen LogP contribution < -0.4 is 10.6 Å². The minimum atomic E-state index is -0.874. The molecule has 6 nitrogen and oxygen atoms in total. The molecule has 0 aliphatic carbocycles. The Kier molecular flexibility index (Phi) is 24.0.